The number of amides is 1. The number of rotatable bonds is 10. The first kappa shape index (κ1) is 17.4. The summed E-state index contributed by atoms with van der Waals surface area (Å²) in [5, 5.41) is 2.96. The van der Waals surface area contributed by atoms with Crippen molar-refractivity contribution in [2.45, 2.75) is 53.0 Å². The van der Waals surface area contributed by atoms with Crippen LogP contribution in [-0.2, 0) is 9.53 Å². The lowest BCUT2D eigenvalue weighted by Gasteiger charge is -2.20. The van der Waals surface area contributed by atoms with Gasteiger partial charge in [0, 0.05) is 19.1 Å². The first-order valence-electron chi connectivity index (χ1n) is 7.08. The maximum absolute atomic E-state index is 11.8. The largest absolute Gasteiger partial charge is 0.380 e. The highest BCUT2D eigenvalue weighted by atomic mass is 16.5. The van der Waals surface area contributed by atoms with Gasteiger partial charge >= 0.3 is 0 Å². The molecule has 18 heavy (non-hydrogen) atoms. The molecule has 0 aliphatic heterocycles. The molecule has 0 aromatic rings. The highest BCUT2D eigenvalue weighted by Crippen LogP contribution is 2.20. The molecule has 0 saturated carbocycles. The molecule has 0 aromatic carbocycles. The highest BCUT2D eigenvalue weighted by Gasteiger charge is 2.15. The number of hydrogen-bond acceptors (Lipinski definition) is 3. The molecule has 2 unspecified atom stereocenters. The zero-order valence-corrected chi connectivity index (χ0v) is 12.4. The van der Waals surface area contributed by atoms with E-state index >= 15 is 0 Å². The Morgan fingerprint density at radius 1 is 1.28 bits per heavy atom. The van der Waals surface area contributed by atoms with Crippen molar-refractivity contribution >= 4 is 5.91 Å². The Morgan fingerprint density at radius 2 is 1.94 bits per heavy atom. The van der Waals surface area contributed by atoms with E-state index in [1.54, 1.807) is 0 Å². The van der Waals surface area contributed by atoms with Crippen LogP contribution in [0.2, 0.25) is 0 Å². The van der Waals surface area contributed by atoms with Crippen molar-refractivity contribution in [1.82, 2.24) is 5.32 Å². The molecular formula is C14H30N2O2. The van der Waals surface area contributed by atoms with Crippen molar-refractivity contribution in [2.24, 2.45) is 17.6 Å². The number of nitrogens with two attached hydrogens (primary N) is 1. The fourth-order valence-corrected chi connectivity index (χ4v) is 2.02. The van der Waals surface area contributed by atoms with Crippen molar-refractivity contribution in [3.63, 3.8) is 0 Å². The minimum absolute atomic E-state index is 0.0875. The Kier molecular flexibility index (Phi) is 9.98. The molecule has 0 radical (unpaired) electrons. The Hall–Kier alpha value is -0.610. The third-order valence-corrected chi connectivity index (χ3v) is 3.20. The Labute approximate surface area is 112 Å². The monoisotopic (exact) mass is 258 g/mol. The Balaban J connectivity index is 3.86. The molecule has 0 aliphatic carbocycles. The molecule has 3 N–H and O–H groups in total. The van der Waals surface area contributed by atoms with Crippen LogP contribution in [0.1, 0.15) is 47.0 Å². The molecule has 0 rings (SSSR count). The van der Waals surface area contributed by atoms with E-state index in [4.69, 9.17) is 10.5 Å². The number of carbonyl (C=O) groups is 1. The van der Waals surface area contributed by atoms with Crippen LogP contribution in [-0.4, -0.2) is 31.7 Å². The van der Waals surface area contributed by atoms with Gasteiger partial charge < -0.3 is 15.8 Å². The van der Waals surface area contributed by atoms with Gasteiger partial charge in [0.1, 0.15) is 0 Å². The molecule has 2 atom stereocenters. The van der Waals surface area contributed by atoms with Gasteiger partial charge in [0.2, 0.25) is 5.91 Å². The number of ether oxygens (including phenoxy) is 1. The van der Waals surface area contributed by atoms with E-state index in [-0.39, 0.29) is 11.9 Å². The molecule has 108 valence electrons. The zero-order valence-electron chi connectivity index (χ0n) is 12.4. The van der Waals surface area contributed by atoms with Crippen molar-refractivity contribution in [2.75, 3.05) is 19.8 Å². The molecule has 0 fully saturated rings. The normalized spacial score (nSPS) is 14.6. The van der Waals surface area contributed by atoms with E-state index in [0.29, 0.717) is 38.0 Å². The van der Waals surface area contributed by atoms with Gasteiger partial charge in [-0.15, -0.1) is 0 Å². The van der Waals surface area contributed by atoms with Gasteiger partial charge in [-0.05, 0) is 45.1 Å². The molecule has 0 saturated heterocycles. The minimum Gasteiger partial charge on any atom is -0.380 e. The van der Waals surface area contributed by atoms with Crippen LogP contribution in [0.3, 0.4) is 0 Å². The van der Waals surface area contributed by atoms with Gasteiger partial charge in [-0.1, -0.05) is 13.8 Å². The minimum atomic E-state index is 0.0875. The number of carbonyl (C=O) groups excluding carboxylic acids is 1. The molecule has 4 heteroatoms. The molecule has 0 bridgehead atoms. The molecule has 0 heterocycles. The topological polar surface area (TPSA) is 64.3 Å². The van der Waals surface area contributed by atoms with Crippen molar-refractivity contribution in [3.05, 3.63) is 0 Å². The first-order valence-corrected chi connectivity index (χ1v) is 7.08. The second-order valence-corrected chi connectivity index (χ2v) is 5.25. The second-order valence-electron chi connectivity index (χ2n) is 5.25. The first-order chi connectivity index (χ1) is 8.51. The fraction of sp³-hybridized carbons (Fsp3) is 0.929. The Bertz CT molecular complexity index is 220. The summed E-state index contributed by atoms with van der Waals surface area (Å²) in [5.41, 5.74) is 5.59. The number of hydrogen-bond donors (Lipinski definition) is 2. The lowest BCUT2D eigenvalue weighted by atomic mass is 9.88. The maximum Gasteiger partial charge on any atom is 0.220 e. The molecular weight excluding hydrogens is 228 g/mol. The van der Waals surface area contributed by atoms with E-state index in [2.05, 4.69) is 19.2 Å². The summed E-state index contributed by atoms with van der Waals surface area (Å²) >= 11 is 0. The van der Waals surface area contributed by atoms with Crippen LogP contribution >= 0.6 is 0 Å². The lowest BCUT2D eigenvalue weighted by molar-refractivity contribution is -0.122. The van der Waals surface area contributed by atoms with E-state index < -0.39 is 0 Å². The third kappa shape index (κ3) is 8.48. The fourth-order valence-electron chi connectivity index (χ4n) is 2.02. The van der Waals surface area contributed by atoms with Gasteiger partial charge in [0.05, 0.1) is 6.61 Å². The van der Waals surface area contributed by atoms with Crippen molar-refractivity contribution in [1.29, 1.82) is 0 Å². The van der Waals surface area contributed by atoms with E-state index in [9.17, 15) is 4.79 Å². The molecule has 0 spiro atoms. The smallest absolute Gasteiger partial charge is 0.220 e. The number of nitrogens with one attached hydrogen (secondary N) is 1. The van der Waals surface area contributed by atoms with Crippen LogP contribution in [0, 0.1) is 11.8 Å². The highest BCUT2D eigenvalue weighted by molar-refractivity contribution is 5.76. The average molecular weight is 258 g/mol. The maximum atomic E-state index is 11.8. The van der Waals surface area contributed by atoms with Crippen LogP contribution < -0.4 is 11.1 Å². The summed E-state index contributed by atoms with van der Waals surface area (Å²) in [4.78, 5) is 11.8. The third-order valence-electron chi connectivity index (χ3n) is 3.20. The van der Waals surface area contributed by atoms with Crippen molar-refractivity contribution in [3.8, 4) is 0 Å². The van der Waals surface area contributed by atoms with Gasteiger partial charge in [-0.25, -0.2) is 0 Å². The summed E-state index contributed by atoms with van der Waals surface area (Å²) in [6.45, 7) is 10.3. The van der Waals surface area contributed by atoms with E-state index in [1.807, 2.05) is 13.8 Å². The summed E-state index contributed by atoms with van der Waals surface area (Å²) in [5.74, 6) is 1.25. The standard InChI is InChI=1S/C14H30N2O2/c1-5-18-10-12(4)16-14(17)7-6-13(8-9-15)11(2)3/h11-13H,5-10,15H2,1-4H3,(H,16,17). The summed E-state index contributed by atoms with van der Waals surface area (Å²) < 4.78 is 5.27. The van der Waals surface area contributed by atoms with Gasteiger partial charge in [-0.2, -0.15) is 0 Å². The van der Waals surface area contributed by atoms with E-state index in [1.165, 1.54) is 0 Å². The van der Waals surface area contributed by atoms with Gasteiger partial charge in [-0.3, -0.25) is 4.79 Å². The summed E-state index contributed by atoms with van der Waals surface area (Å²) in [6, 6.07) is 0.0875. The summed E-state index contributed by atoms with van der Waals surface area (Å²) in [6.07, 6.45) is 2.50. The Morgan fingerprint density at radius 3 is 2.44 bits per heavy atom. The second kappa shape index (κ2) is 10.3. The van der Waals surface area contributed by atoms with Crippen molar-refractivity contribution < 1.29 is 9.53 Å². The molecule has 0 aromatic heterocycles. The molecule has 1 amide bonds. The average Bonchev–Trinajstić information content (AvgIpc) is 2.31. The quantitative estimate of drug-likeness (QED) is 0.629. The summed E-state index contributed by atoms with van der Waals surface area (Å²) in [7, 11) is 0. The molecule has 0 aliphatic rings. The van der Waals surface area contributed by atoms with Gasteiger partial charge in [0.25, 0.3) is 0 Å². The SMILES string of the molecule is CCOCC(C)NC(=O)CCC(CCN)C(C)C. The van der Waals surface area contributed by atoms with Gasteiger partial charge in [0.15, 0.2) is 0 Å². The lowest BCUT2D eigenvalue weighted by Crippen LogP contribution is -2.36. The predicted octanol–water partition coefficient (Wildman–Crippen LogP) is 1.93. The van der Waals surface area contributed by atoms with E-state index in [0.717, 1.165) is 12.8 Å². The van der Waals surface area contributed by atoms with Crippen LogP contribution in [0.15, 0.2) is 0 Å². The van der Waals surface area contributed by atoms with Crippen LogP contribution in [0.5, 0.6) is 0 Å². The predicted molar refractivity (Wildman–Crippen MR) is 75.3 cm³/mol. The molecule has 4 nitrogen and oxygen atoms in total. The van der Waals surface area contributed by atoms with Crippen LogP contribution in [0.4, 0.5) is 0 Å². The zero-order chi connectivity index (χ0) is 14.0. The van der Waals surface area contributed by atoms with Crippen LogP contribution in [0.25, 0.3) is 0 Å².